The predicted molar refractivity (Wildman–Crippen MR) is 91.0 cm³/mol. The van der Waals surface area contributed by atoms with Crippen LogP contribution in [-0.2, 0) is 9.47 Å². The minimum absolute atomic E-state index is 0.511. The topological polar surface area (TPSA) is 18.5 Å². The van der Waals surface area contributed by atoms with E-state index in [2.05, 4.69) is 13.8 Å². The summed E-state index contributed by atoms with van der Waals surface area (Å²) >= 11 is 0. The van der Waals surface area contributed by atoms with Crippen LogP contribution >= 0.6 is 0 Å². The molecule has 0 spiro atoms. The summed E-state index contributed by atoms with van der Waals surface area (Å²) in [6.45, 7) is 6.72. The Morgan fingerprint density at radius 1 is 0.591 bits per heavy atom. The molecule has 0 N–H and O–H groups in total. The Balaban J connectivity index is 1.32. The van der Waals surface area contributed by atoms with E-state index in [9.17, 15) is 0 Å². The minimum Gasteiger partial charge on any atom is -0.378 e. The largest absolute Gasteiger partial charge is 0.378 e. The van der Waals surface area contributed by atoms with E-state index < -0.39 is 0 Å². The number of hydrogen-bond donors (Lipinski definition) is 0. The van der Waals surface area contributed by atoms with Gasteiger partial charge in [0.2, 0.25) is 0 Å². The summed E-state index contributed by atoms with van der Waals surface area (Å²) in [5, 5.41) is 0. The van der Waals surface area contributed by atoms with Crippen LogP contribution in [0, 0.1) is 23.7 Å². The Morgan fingerprint density at radius 2 is 1.14 bits per heavy atom. The first-order valence-corrected chi connectivity index (χ1v) is 9.94. The Bertz CT molecular complexity index is 306. The zero-order valence-electron chi connectivity index (χ0n) is 14.8. The molecule has 2 saturated heterocycles. The van der Waals surface area contributed by atoms with Crippen molar-refractivity contribution in [3.8, 4) is 0 Å². The van der Waals surface area contributed by atoms with E-state index in [1.54, 1.807) is 0 Å². The highest BCUT2D eigenvalue weighted by Crippen LogP contribution is 2.38. The molecule has 0 aromatic carbocycles. The van der Waals surface area contributed by atoms with E-state index in [4.69, 9.17) is 9.47 Å². The summed E-state index contributed by atoms with van der Waals surface area (Å²) in [4.78, 5) is 0. The lowest BCUT2D eigenvalue weighted by Crippen LogP contribution is -2.33. The van der Waals surface area contributed by atoms with E-state index in [1.165, 1.54) is 64.2 Å². The molecule has 128 valence electrons. The zero-order chi connectivity index (χ0) is 15.4. The summed E-state index contributed by atoms with van der Waals surface area (Å²) < 4.78 is 12.2. The molecule has 1 saturated carbocycles. The highest BCUT2D eigenvalue weighted by atomic mass is 16.5. The van der Waals surface area contributed by atoms with Crippen molar-refractivity contribution in [2.24, 2.45) is 23.7 Å². The molecule has 22 heavy (non-hydrogen) atoms. The molecule has 2 nitrogen and oxygen atoms in total. The number of rotatable bonds is 4. The molecule has 0 radical (unpaired) electrons. The molecule has 0 amide bonds. The first-order valence-electron chi connectivity index (χ1n) is 9.94. The Hall–Kier alpha value is -0.0800. The highest BCUT2D eigenvalue weighted by Gasteiger charge is 2.30. The normalized spacial score (nSPS) is 43.9. The third-order valence-corrected chi connectivity index (χ3v) is 6.54. The summed E-state index contributed by atoms with van der Waals surface area (Å²) in [7, 11) is 0. The van der Waals surface area contributed by atoms with Crippen molar-refractivity contribution in [2.45, 2.75) is 90.3 Å². The summed E-state index contributed by atoms with van der Waals surface area (Å²) in [5.41, 5.74) is 0. The van der Waals surface area contributed by atoms with Gasteiger partial charge in [-0.1, -0.05) is 26.7 Å². The van der Waals surface area contributed by atoms with Crippen LogP contribution in [0.3, 0.4) is 0 Å². The van der Waals surface area contributed by atoms with Gasteiger partial charge in [0, 0.05) is 6.61 Å². The second-order valence-electron chi connectivity index (χ2n) is 8.53. The first-order chi connectivity index (χ1) is 10.7. The van der Waals surface area contributed by atoms with Gasteiger partial charge in [-0.2, -0.15) is 0 Å². The van der Waals surface area contributed by atoms with Crippen LogP contribution in [0.15, 0.2) is 0 Å². The fourth-order valence-corrected chi connectivity index (χ4v) is 4.72. The third-order valence-electron chi connectivity index (χ3n) is 6.54. The van der Waals surface area contributed by atoms with Gasteiger partial charge >= 0.3 is 0 Å². The Labute approximate surface area is 137 Å². The van der Waals surface area contributed by atoms with E-state index >= 15 is 0 Å². The Morgan fingerprint density at radius 3 is 1.68 bits per heavy atom. The molecule has 1 aliphatic carbocycles. The second kappa shape index (κ2) is 8.15. The maximum Gasteiger partial charge on any atom is 0.0576 e. The maximum atomic E-state index is 6.23. The second-order valence-corrected chi connectivity index (χ2v) is 8.53. The SMILES string of the molecule is CC1CCC(C2CCC(CCC3CCC(C)CO3)OC2)CC1. The molecule has 2 heterocycles. The molecule has 0 aromatic heterocycles. The monoisotopic (exact) mass is 308 g/mol. The fourth-order valence-electron chi connectivity index (χ4n) is 4.72. The molecule has 0 aromatic rings. The lowest BCUT2D eigenvalue weighted by Gasteiger charge is -2.37. The van der Waals surface area contributed by atoms with Crippen molar-refractivity contribution < 1.29 is 9.47 Å². The van der Waals surface area contributed by atoms with Gasteiger partial charge in [-0.15, -0.1) is 0 Å². The molecular weight excluding hydrogens is 272 g/mol. The van der Waals surface area contributed by atoms with Gasteiger partial charge in [0.15, 0.2) is 0 Å². The molecule has 4 atom stereocenters. The van der Waals surface area contributed by atoms with Crippen molar-refractivity contribution in [3.63, 3.8) is 0 Å². The maximum absolute atomic E-state index is 6.23. The molecule has 3 aliphatic rings. The quantitative estimate of drug-likeness (QED) is 0.710. The van der Waals surface area contributed by atoms with Gasteiger partial charge in [0.05, 0.1) is 18.8 Å². The van der Waals surface area contributed by atoms with Gasteiger partial charge in [-0.3, -0.25) is 0 Å². The van der Waals surface area contributed by atoms with E-state index in [-0.39, 0.29) is 0 Å². The van der Waals surface area contributed by atoms with Crippen molar-refractivity contribution in [1.82, 2.24) is 0 Å². The summed E-state index contributed by atoms with van der Waals surface area (Å²) in [5.74, 6) is 3.55. The van der Waals surface area contributed by atoms with E-state index in [0.717, 1.165) is 36.9 Å². The van der Waals surface area contributed by atoms with Crippen LogP contribution in [0.2, 0.25) is 0 Å². The van der Waals surface area contributed by atoms with Gasteiger partial charge < -0.3 is 9.47 Å². The number of ether oxygens (including phenoxy) is 2. The van der Waals surface area contributed by atoms with Crippen LogP contribution in [0.4, 0.5) is 0 Å². The smallest absolute Gasteiger partial charge is 0.0576 e. The Kier molecular flexibility index (Phi) is 6.21. The molecule has 2 heteroatoms. The van der Waals surface area contributed by atoms with E-state index in [1.807, 2.05) is 0 Å². The molecular formula is C20H36O2. The van der Waals surface area contributed by atoms with Crippen molar-refractivity contribution in [1.29, 1.82) is 0 Å². The van der Waals surface area contributed by atoms with Crippen molar-refractivity contribution in [3.05, 3.63) is 0 Å². The summed E-state index contributed by atoms with van der Waals surface area (Å²) in [6, 6.07) is 0. The fraction of sp³-hybridized carbons (Fsp3) is 1.00. The van der Waals surface area contributed by atoms with Crippen molar-refractivity contribution in [2.75, 3.05) is 13.2 Å². The van der Waals surface area contributed by atoms with Crippen LogP contribution < -0.4 is 0 Å². The number of hydrogen-bond acceptors (Lipinski definition) is 2. The lowest BCUT2D eigenvalue weighted by molar-refractivity contribution is -0.0589. The van der Waals surface area contributed by atoms with Gasteiger partial charge in [0.1, 0.15) is 0 Å². The standard InChI is InChI=1S/C20H36O2/c1-15-3-6-17(7-4-15)18-8-10-20(22-14-18)12-11-19-9-5-16(2)13-21-19/h15-20H,3-14H2,1-2H3. The predicted octanol–water partition coefficient (Wildman–Crippen LogP) is 5.20. The average molecular weight is 309 g/mol. The highest BCUT2D eigenvalue weighted by molar-refractivity contribution is 4.81. The minimum atomic E-state index is 0.511. The van der Waals surface area contributed by atoms with Crippen LogP contribution in [0.5, 0.6) is 0 Å². The molecule has 0 bridgehead atoms. The van der Waals surface area contributed by atoms with Crippen LogP contribution in [-0.4, -0.2) is 25.4 Å². The van der Waals surface area contributed by atoms with Gasteiger partial charge in [0.25, 0.3) is 0 Å². The van der Waals surface area contributed by atoms with E-state index in [0.29, 0.717) is 12.2 Å². The molecule has 3 rings (SSSR count). The average Bonchev–Trinajstić information content (AvgIpc) is 2.56. The molecule has 3 fully saturated rings. The third kappa shape index (κ3) is 4.71. The molecule has 4 unspecified atom stereocenters. The first kappa shape index (κ1) is 16.8. The zero-order valence-corrected chi connectivity index (χ0v) is 14.8. The van der Waals surface area contributed by atoms with Gasteiger partial charge in [-0.25, -0.2) is 0 Å². The van der Waals surface area contributed by atoms with Crippen molar-refractivity contribution >= 4 is 0 Å². The molecule has 2 aliphatic heterocycles. The summed E-state index contributed by atoms with van der Waals surface area (Å²) in [6.07, 6.45) is 14.6. The van der Waals surface area contributed by atoms with Crippen LogP contribution in [0.25, 0.3) is 0 Å². The van der Waals surface area contributed by atoms with Gasteiger partial charge in [-0.05, 0) is 75.0 Å². The van der Waals surface area contributed by atoms with Crippen LogP contribution in [0.1, 0.15) is 78.1 Å². The lowest BCUT2D eigenvalue weighted by atomic mass is 9.74.